The molecule has 0 amide bonds. The maximum absolute atomic E-state index is 9.83. The molecule has 0 saturated carbocycles. The lowest BCUT2D eigenvalue weighted by Crippen LogP contribution is -2.42. The molecule has 3 N–H and O–H groups in total. The summed E-state index contributed by atoms with van der Waals surface area (Å²) in [6, 6.07) is 0. The van der Waals surface area contributed by atoms with E-state index < -0.39 is 24.4 Å². The van der Waals surface area contributed by atoms with E-state index in [1.807, 2.05) is 0 Å². The fourth-order valence-electron chi connectivity index (χ4n) is 3.80. The van der Waals surface area contributed by atoms with Crippen molar-refractivity contribution < 1.29 is 24.8 Å². The van der Waals surface area contributed by atoms with E-state index in [1.165, 1.54) is 77.0 Å². The molecule has 1 heterocycles. The van der Waals surface area contributed by atoms with Gasteiger partial charge in [0.2, 0.25) is 0 Å². The molecule has 0 spiro atoms. The molecule has 0 aromatic rings. The average molecular weight is 415 g/mol. The number of rotatable bonds is 19. The van der Waals surface area contributed by atoms with Crippen LogP contribution in [0.4, 0.5) is 0 Å². The highest BCUT2D eigenvalue weighted by Gasteiger charge is 2.40. The monoisotopic (exact) mass is 414 g/mol. The summed E-state index contributed by atoms with van der Waals surface area (Å²) in [6.45, 7) is 2.67. The predicted octanol–water partition coefficient (Wildman–Crippen LogP) is 4.52. The van der Waals surface area contributed by atoms with E-state index in [0.29, 0.717) is 6.61 Å². The van der Waals surface area contributed by atoms with Gasteiger partial charge in [-0.15, -0.1) is 0 Å². The molecule has 1 aliphatic rings. The molecule has 0 aliphatic carbocycles. The number of hydrogen-bond acceptors (Lipinski definition) is 5. The van der Waals surface area contributed by atoms with Gasteiger partial charge in [-0.05, 0) is 25.7 Å². The van der Waals surface area contributed by atoms with Crippen molar-refractivity contribution in [3.8, 4) is 0 Å². The largest absolute Gasteiger partial charge is 0.394 e. The quantitative estimate of drug-likeness (QED) is 0.214. The number of aliphatic hydroxyl groups excluding tert-OH is 3. The summed E-state index contributed by atoms with van der Waals surface area (Å²) in [4.78, 5) is 0. The Hall–Kier alpha value is -0.460. The molecule has 0 aromatic carbocycles. The lowest BCUT2D eigenvalue weighted by atomic mass is 10.0. The van der Waals surface area contributed by atoms with Crippen LogP contribution in [0.1, 0.15) is 96.8 Å². The molecule has 5 heteroatoms. The third-order valence-corrected chi connectivity index (χ3v) is 5.71. The Bertz CT molecular complexity index is 387. The first-order valence-electron chi connectivity index (χ1n) is 12.1. The summed E-state index contributed by atoms with van der Waals surface area (Å²) in [5.74, 6) is 0. The van der Waals surface area contributed by atoms with Gasteiger partial charge in [0.1, 0.15) is 24.4 Å². The van der Waals surface area contributed by atoms with Crippen LogP contribution in [0, 0.1) is 0 Å². The van der Waals surface area contributed by atoms with Crippen molar-refractivity contribution in [2.75, 3.05) is 19.8 Å². The van der Waals surface area contributed by atoms with Crippen LogP contribution in [0.25, 0.3) is 0 Å². The highest BCUT2D eigenvalue weighted by Crippen LogP contribution is 2.20. The molecule has 0 radical (unpaired) electrons. The second kappa shape index (κ2) is 18.3. The minimum absolute atomic E-state index is 0.0993. The Morgan fingerprint density at radius 1 is 0.862 bits per heavy atom. The number of aliphatic hydroxyl groups is 3. The zero-order chi connectivity index (χ0) is 21.2. The van der Waals surface area contributed by atoms with Crippen molar-refractivity contribution in [3.05, 3.63) is 12.2 Å². The SMILES string of the molecule is CCC/C=C/CCCCCCCCCCCCCO[C@H](CO)[C@H]1OC[C@H](O)[C@H]1O. The normalized spacial score (nSPS) is 23.2. The third kappa shape index (κ3) is 12.7. The minimum atomic E-state index is -0.977. The first kappa shape index (κ1) is 26.6. The lowest BCUT2D eigenvalue weighted by Gasteiger charge is -2.24. The van der Waals surface area contributed by atoms with Crippen molar-refractivity contribution in [1.82, 2.24) is 0 Å². The fraction of sp³-hybridized carbons (Fsp3) is 0.917. The van der Waals surface area contributed by atoms with Crippen LogP contribution in [-0.4, -0.2) is 59.6 Å². The van der Waals surface area contributed by atoms with E-state index in [2.05, 4.69) is 19.1 Å². The zero-order valence-electron chi connectivity index (χ0n) is 18.6. The molecule has 4 atom stereocenters. The second-order valence-corrected chi connectivity index (χ2v) is 8.39. The van der Waals surface area contributed by atoms with Crippen molar-refractivity contribution in [1.29, 1.82) is 0 Å². The van der Waals surface area contributed by atoms with Gasteiger partial charge in [-0.2, -0.15) is 0 Å². The van der Waals surface area contributed by atoms with Crippen LogP contribution in [-0.2, 0) is 9.47 Å². The molecule has 1 rings (SSSR count). The van der Waals surface area contributed by atoms with E-state index in [9.17, 15) is 15.3 Å². The van der Waals surface area contributed by atoms with Gasteiger partial charge < -0.3 is 24.8 Å². The Labute approximate surface area is 178 Å². The van der Waals surface area contributed by atoms with Crippen LogP contribution in [0.15, 0.2) is 12.2 Å². The molecular weight excluding hydrogens is 368 g/mol. The van der Waals surface area contributed by atoms with E-state index in [0.717, 1.165) is 12.8 Å². The van der Waals surface area contributed by atoms with E-state index in [4.69, 9.17) is 9.47 Å². The molecule has 0 bridgehead atoms. The first-order chi connectivity index (χ1) is 14.2. The third-order valence-electron chi connectivity index (χ3n) is 5.71. The number of unbranched alkanes of at least 4 members (excludes halogenated alkanes) is 12. The molecule has 29 heavy (non-hydrogen) atoms. The van der Waals surface area contributed by atoms with Gasteiger partial charge in [-0.1, -0.05) is 83.3 Å². The summed E-state index contributed by atoms with van der Waals surface area (Å²) in [5.41, 5.74) is 0. The Morgan fingerprint density at radius 2 is 1.41 bits per heavy atom. The van der Waals surface area contributed by atoms with Crippen LogP contribution in [0.5, 0.6) is 0 Å². The van der Waals surface area contributed by atoms with Gasteiger partial charge in [-0.3, -0.25) is 0 Å². The first-order valence-corrected chi connectivity index (χ1v) is 12.1. The number of ether oxygens (including phenoxy) is 2. The summed E-state index contributed by atoms with van der Waals surface area (Å²) < 4.78 is 11.0. The topological polar surface area (TPSA) is 79.2 Å². The molecule has 1 aliphatic heterocycles. The molecule has 1 saturated heterocycles. The predicted molar refractivity (Wildman–Crippen MR) is 118 cm³/mol. The molecule has 0 aromatic heterocycles. The molecule has 1 fully saturated rings. The van der Waals surface area contributed by atoms with E-state index >= 15 is 0 Å². The Balaban J connectivity index is 1.83. The second-order valence-electron chi connectivity index (χ2n) is 8.39. The summed E-state index contributed by atoms with van der Waals surface area (Å²) >= 11 is 0. The molecule has 5 nitrogen and oxygen atoms in total. The summed E-state index contributed by atoms with van der Waals surface area (Å²) in [6.07, 6.45) is 19.4. The van der Waals surface area contributed by atoms with E-state index in [1.54, 1.807) is 0 Å². The van der Waals surface area contributed by atoms with Gasteiger partial charge in [0.25, 0.3) is 0 Å². The number of allylic oxidation sites excluding steroid dienone is 2. The maximum atomic E-state index is 9.83. The highest BCUT2D eigenvalue weighted by atomic mass is 16.6. The molecular formula is C24H46O5. The molecule has 0 unspecified atom stereocenters. The average Bonchev–Trinajstić information content (AvgIpc) is 3.06. The Kier molecular flexibility index (Phi) is 16.8. The smallest absolute Gasteiger partial charge is 0.114 e. The van der Waals surface area contributed by atoms with Crippen LogP contribution in [0.2, 0.25) is 0 Å². The fourth-order valence-corrected chi connectivity index (χ4v) is 3.80. The van der Waals surface area contributed by atoms with Gasteiger partial charge in [0, 0.05) is 6.61 Å². The van der Waals surface area contributed by atoms with Gasteiger partial charge in [0.05, 0.1) is 13.2 Å². The van der Waals surface area contributed by atoms with Gasteiger partial charge in [0.15, 0.2) is 0 Å². The highest BCUT2D eigenvalue weighted by molar-refractivity contribution is 4.88. The number of hydrogen-bond donors (Lipinski definition) is 3. The van der Waals surface area contributed by atoms with E-state index in [-0.39, 0.29) is 13.2 Å². The minimum Gasteiger partial charge on any atom is -0.394 e. The van der Waals surface area contributed by atoms with Crippen molar-refractivity contribution >= 4 is 0 Å². The zero-order valence-corrected chi connectivity index (χ0v) is 18.6. The van der Waals surface area contributed by atoms with Crippen LogP contribution in [0.3, 0.4) is 0 Å². The summed E-state index contributed by atoms with van der Waals surface area (Å²) in [7, 11) is 0. The maximum Gasteiger partial charge on any atom is 0.114 e. The standard InChI is InChI=1S/C24H46O5/c1-2-3-4-5-6-7-8-9-10-11-12-13-14-15-16-17-18-28-22(19-25)24-23(27)21(26)20-29-24/h4-5,21-27H,2-3,6-20H2,1H3/b5-4+/t21-,22+,23+,24+/m0/s1. The van der Waals surface area contributed by atoms with Crippen LogP contribution >= 0.6 is 0 Å². The lowest BCUT2D eigenvalue weighted by molar-refractivity contribution is -0.101. The van der Waals surface area contributed by atoms with Crippen LogP contribution < -0.4 is 0 Å². The molecule has 172 valence electrons. The van der Waals surface area contributed by atoms with Gasteiger partial charge in [-0.25, -0.2) is 0 Å². The van der Waals surface area contributed by atoms with Crippen molar-refractivity contribution in [2.45, 2.75) is 121 Å². The van der Waals surface area contributed by atoms with Crippen molar-refractivity contribution in [2.24, 2.45) is 0 Å². The van der Waals surface area contributed by atoms with Crippen molar-refractivity contribution in [3.63, 3.8) is 0 Å². The Morgan fingerprint density at radius 3 is 1.93 bits per heavy atom. The van der Waals surface area contributed by atoms with Gasteiger partial charge >= 0.3 is 0 Å². The summed E-state index contributed by atoms with van der Waals surface area (Å²) in [5, 5.41) is 28.8.